The van der Waals surface area contributed by atoms with Crippen molar-refractivity contribution in [3.8, 4) is 23.8 Å². The van der Waals surface area contributed by atoms with Gasteiger partial charge in [-0.1, -0.05) is 42.3 Å². The summed E-state index contributed by atoms with van der Waals surface area (Å²) in [7, 11) is 1.46. The molecular formula is C27H19BrN2O5. The van der Waals surface area contributed by atoms with Gasteiger partial charge in [-0.05, 0) is 64.0 Å². The highest BCUT2D eigenvalue weighted by Gasteiger charge is 2.43. The molecule has 1 aliphatic rings. The van der Waals surface area contributed by atoms with E-state index < -0.39 is 17.8 Å². The maximum atomic E-state index is 13.5. The zero-order valence-electron chi connectivity index (χ0n) is 18.6. The van der Waals surface area contributed by atoms with Crippen molar-refractivity contribution in [1.29, 1.82) is 0 Å². The molecule has 0 atom stereocenters. The van der Waals surface area contributed by atoms with Crippen molar-refractivity contribution in [2.24, 2.45) is 0 Å². The fourth-order valence-corrected chi connectivity index (χ4v) is 4.16. The van der Waals surface area contributed by atoms with Gasteiger partial charge in [0.25, 0.3) is 11.8 Å². The molecule has 0 aliphatic carbocycles. The van der Waals surface area contributed by atoms with Gasteiger partial charge >= 0.3 is 6.03 Å². The summed E-state index contributed by atoms with van der Waals surface area (Å²) in [4.78, 5) is 42.3. The van der Waals surface area contributed by atoms with Crippen molar-refractivity contribution in [2.75, 3.05) is 23.5 Å². The number of ether oxygens (including phenoxy) is 2. The predicted octanol–water partition coefficient (Wildman–Crippen LogP) is 5.05. The molecule has 1 heterocycles. The predicted molar refractivity (Wildman–Crippen MR) is 136 cm³/mol. The minimum Gasteiger partial charge on any atom is -0.493 e. The van der Waals surface area contributed by atoms with E-state index in [9.17, 15) is 14.4 Å². The van der Waals surface area contributed by atoms with E-state index in [1.54, 1.807) is 72.8 Å². The number of para-hydroxylation sites is 2. The van der Waals surface area contributed by atoms with Crippen molar-refractivity contribution in [1.82, 2.24) is 0 Å². The fourth-order valence-electron chi connectivity index (χ4n) is 3.58. The Labute approximate surface area is 210 Å². The van der Waals surface area contributed by atoms with E-state index in [0.29, 0.717) is 32.9 Å². The summed E-state index contributed by atoms with van der Waals surface area (Å²) in [6.07, 6.45) is 6.70. The number of halogens is 1. The summed E-state index contributed by atoms with van der Waals surface area (Å²) in [6.45, 7) is 0.0343. The quantitative estimate of drug-likeness (QED) is 0.253. The van der Waals surface area contributed by atoms with E-state index in [1.165, 1.54) is 13.2 Å². The number of methoxy groups -OCH3 is 1. The minimum absolute atomic E-state index is 0.0343. The standard InChI is InChI=1S/C27H19BrN2O5/c1-3-14-35-24-22(28)16-18(17-23(24)34-2)15-21-25(31)29(19-10-6-4-7-11-19)27(33)30(26(21)32)20-12-8-5-9-13-20/h1,4-13,15-17H,14H2,2H3. The lowest BCUT2D eigenvalue weighted by Gasteiger charge is -2.34. The zero-order valence-corrected chi connectivity index (χ0v) is 20.2. The number of carbonyl (C=O) groups is 3. The molecule has 35 heavy (non-hydrogen) atoms. The average molecular weight is 531 g/mol. The molecular weight excluding hydrogens is 512 g/mol. The first-order chi connectivity index (χ1) is 17.0. The van der Waals surface area contributed by atoms with Crippen LogP contribution in [0.15, 0.2) is 82.8 Å². The van der Waals surface area contributed by atoms with Gasteiger partial charge < -0.3 is 9.47 Å². The normalized spacial score (nSPS) is 13.5. The van der Waals surface area contributed by atoms with Crippen LogP contribution < -0.4 is 19.3 Å². The van der Waals surface area contributed by atoms with E-state index >= 15 is 0 Å². The average Bonchev–Trinajstić information content (AvgIpc) is 2.87. The Bertz CT molecular complexity index is 1300. The number of hydrogen-bond acceptors (Lipinski definition) is 5. The number of hydrogen-bond donors (Lipinski definition) is 0. The summed E-state index contributed by atoms with van der Waals surface area (Å²) in [5.74, 6) is 1.66. The van der Waals surface area contributed by atoms with E-state index in [4.69, 9.17) is 15.9 Å². The summed E-state index contributed by atoms with van der Waals surface area (Å²) < 4.78 is 11.5. The first-order valence-electron chi connectivity index (χ1n) is 10.4. The number of imide groups is 2. The van der Waals surface area contributed by atoms with Crippen LogP contribution in [0.25, 0.3) is 6.08 Å². The number of amides is 4. The Morgan fingerprint density at radius 3 is 1.94 bits per heavy atom. The number of barbiturate groups is 1. The molecule has 3 aromatic rings. The lowest BCUT2D eigenvalue weighted by Crippen LogP contribution is -2.57. The third-order valence-corrected chi connectivity index (χ3v) is 5.73. The first-order valence-corrected chi connectivity index (χ1v) is 11.2. The van der Waals surface area contributed by atoms with Crippen LogP contribution in [0.3, 0.4) is 0 Å². The van der Waals surface area contributed by atoms with Gasteiger partial charge in [0.15, 0.2) is 11.5 Å². The van der Waals surface area contributed by atoms with Gasteiger partial charge in [0.1, 0.15) is 12.2 Å². The lowest BCUT2D eigenvalue weighted by molar-refractivity contribution is -0.121. The lowest BCUT2D eigenvalue weighted by atomic mass is 10.0. The maximum absolute atomic E-state index is 13.5. The molecule has 1 fully saturated rings. The molecule has 8 heteroatoms. The Morgan fingerprint density at radius 2 is 1.46 bits per heavy atom. The number of anilines is 2. The minimum atomic E-state index is -0.758. The second kappa shape index (κ2) is 10.3. The molecule has 0 aromatic heterocycles. The van der Waals surface area contributed by atoms with Crippen LogP contribution in [0.2, 0.25) is 0 Å². The number of carbonyl (C=O) groups excluding carboxylic acids is 3. The summed E-state index contributed by atoms with van der Waals surface area (Å²) in [5, 5.41) is 0. The number of urea groups is 1. The van der Waals surface area contributed by atoms with Crippen molar-refractivity contribution < 1.29 is 23.9 Å². The third kappa shape index (κ3) is 4.67. The topological polar surface area (TPSA) is 76.2 Å². The van der Waals surface area contributed by atoms with Gasteiger partial charge in [0.2, 0.25) is 0 Å². The smallest absolute Gasteiger partial charge is 0.343 e. The third-order valence-electron chi connectivity index (χ3n) is 5.14. The largest absolute Gasteiger partial charge is 0.493 e. The van der Waals surface area contributed by atoms with Gasteiger partial charge in [0.05, 0.1) is 23.0 Å². The van der Waals surface area contributed by atoms with Crippen LogP contribution in [0.1, 0.15) is 5.56 Å². The number of rotatable bonds is 6. The maximum Gasteiger partial charge on any atom is 0.343 e. The van der Waals surface area contributed by atoms with E-state index in [-0.39, 0.29) is 12.2 Å². The summed E-state index contributed by atoms with van der Waals surface area (Å²) in [6, 6.07) is 19.4. The van der Waals surface area contributed by atoms with Crippen molar-refractivity contribution in [3.63, 3.8) is 0 Å². The monoisotopic (exact) mass is 530 g/mol. The van der Waals surface area contributed by atoms with Gasteiger partial charge in [-0.2, -0.15) is 0 Å². The first kappa shape index (κ1) is 23.8. The molecule has 0 unspecified atom stereocenters. The highest BCUT2D eigenvalue weighted by atomic mass is 79.9. The van der Waals surface area contributed by atoms with Crippen molar-refractivity contribution in [2.45, 2.75) is 0 Å². The summed E-state index contributed by atoms with van der Waals surface area (Å²) in [5.41, 5.74) is 0.981. The molecule has 3 aromatic carbocycles. The molecule has 0 spiro atoms. The highest BCUT2D eigenvalue weighted by molar-refractivity contribution is 9.10. The van der Waals surface area contributed by atoms with Gasteiger partial charge in [0, 0.05) is 0 Å². The number of terminal acetylenes is 1. The second-order valence-corrected chi connectivity index (χ2v) is 8.17. The van der Waals surface area contributed by atoms with Gasteiger partial charge in [-0.25, -0.2) is 14.6 Å². The molecule has 7 nitrogen and oxygen atoms in total. The highest BCUT2D eigenvalue weighted by Crippen LogP contribution is 2.38. The molecule has 0 N–H and O–H groups in total. The van der Waals surface area contributed by atoms with Gasteiger partial charge in [-0.3, -0.25) is 9.59 Å². The van der Waals surface area contributed by atoms with Crippen molar-refractivity contribution >= 4 is 51.2 Å². The Kier molecular flexibility index (Phi) is 6.99. The second-order valence-electron chi connectivity index (χ2n) is 7.32. The Morgan fingerprint density at radius 1 is 0.914 bits per heavy atom. The van der Waals surface area contributed by atoms with E-state index in [0.717, 1.165) is 9.80 Å². The molecule has 0 bridgehead atoms. The van der Waals surface area contributed by atoms with Crippen LogP contribution in [-0.4, -0.2) is 31.6 Å². The Hall–Kier alpha value is -4.35. The summed E-state index contributed by atoms with van der Waals surface area (Å²) >= 11 is 3.42. The van der Waals surface area contributed by atoms with Crippen LogP contribution in [0.4, 0.5) is 16.2 Å². The molecule has 1 saturated heterocycles. The molecule has 174 valence electrons. The molecule has 4 amide bonds. The van der Waals surface area contributed by atoms with Crippen molar-refractivity contribution in [3.05, 3.63) is 88.4 Å². The van der Waals surface area contributed by atoms with E-state index in [2.05, 4.69) is 21.9 Å². The SMILES string of the molecule is C#CCOc1c(Br)cc(C=C2C(=O)N(c3ccccc3)C(=O)N(c3ccccc3)C2=O)cc1OC. The zero-order chi connectivity index (χ0) is 24.9. The number of nitrogens with zero attached hydrogens (tertiary/aromatic N) is 2. The van der Waals surface area contributed by atoms with Crippen LogP contribution >= 0.6 is 15.9 Å². The van der Waals surface area contributed by atoms with Crippen LogP contribution in [-0.2, 0) is 9.59 Å². The molecule has 4 rings (SSSR count). The fraction of sp³-hybridized carbons (Fsp3) is 0.0741. The van der Waals surface area contributed by atoms with Crippen LogP contribution in [0.5, 0.6) is 11.5 Å². The Balaban J connectivity index is 1.85. The van der Waals surface area contributed by atoms with E-state index in [1.807, 2.05) is 0 Å². The van der Waals surface area contributed by atoms with Crippen LogP contribution in [0, 0.1) is 12.3 Å². The van der Waals surface area contributed by atoms with Gasteiger partial charge in [-0.15, -0.1) is 6.42 Å². The molecule has 0 saturated carbocycles. The molecule has 1 aliphatic heterocycles. The number of benzene rings is 3. The molecule has 0 radical (unpaired) electrons.